The lowest BCUT2D eigenvalue weighted by molar-refractivity contribution is -0.114. The van der Waals surface area contributed by atoms with E-state index in [-0.39, 0.29) is 6.10 Å². The van der Waals surface area contributed by atoms with Gasteiger partial charge in [-0.2, -0.15) is 0 Å². The van der Waals surface area contributed by atoms with Crippen LogP contribution in [0.1, 0.15) is 25.5 Å². The zero-order chi connectivity index (χ0) is 14.0. The second-order valence-corrected chi connectivity index (χ2v) is 5.05. The van der Waals surface area contributed by atoms with Crippen LogP contribution in [0, 0.1) is 0 Å². The summed E-state index contributed by atoms with van der Waals surface area (Å²) in [5.74, 6) is 1.09. The summed E-state index contributed by atoms with van der Waals surface area (Å²) in [6, 6.07) is 7.52. The van der Waals surface area contributed by atoms with E-state index in [0.29, 0.717) is 5.76 Å². The van der Waals surface area contributed by atoms with Crippen LogP contribution in [-0.2, 0) is 9.47 Å². The van der Waals surface area contributed by atoms with Crippen molar-refractivity contribution in [3.63, 3.8) is 0 Å². The molecule has 1 aromatic rings. The van der Waals surface area contributed by atoms with Crippen molar-refractivity contribution >= 4 is 0 Å². The van der Waals surface area contributed by atoms with Gasteiger partial charge < -0.3 is 14.2 Å². The smallest absolute Gasteiger partial charge is 0.185 e. The molecule has 1 aliphatic rings. The van der Waals surface area contributed by atoms with Crippen molar-refractivity contribution in [3.8, 4) is 5.75 Å². The molecule has 0 spiro atoms. The molecule has 0 aliphatic carbocycles. The van der Waals surface area contributed by atoms with Gasteiger partial charge in [-0.1, -0.05) is 12.1 Å². The van der Waals surface area contributed by atoms with Crippen molar-refractivity contribution in [2.45, 2.75) is 31.7 Å². The molecule has 0 N–H and O–H groups in total. The van der Waals surface area contributed by atoms with Crippen molar-refractivity contribution in [3.05, 3.63) is 41.7 Å². The highest BCUT2D eigenvalue weighted by Gasteiger charge is 2.41. The lowest BCUT2D eigenvalue weighted by Gasteiger charge is -2.37. The summed E-state index contributed by atoms with van der Waals surface area (Å²) in [4.78, 5) is 0. The Morgan fingerprint density at radius 1 is 1.11 bits per heavy atom. The summed E-state index contributed by atoms with van der Waals surface area (Å²) in [6.07, 6.45) is 0.104. The molecule has 4 heteroatoms. The standard InChI is InChI=1S/C15H19FO3/c1-15(2)14(16)13(18-4)9-12(19-15)10-5-7-11(17-3)8-6-10/h5-9,12,14H,1-4H3. The van der Waals surface area contributed by atoms with E-state index in [1.165, 1.54) is 7.11 Å². The Balaban J connectivity index is 2.31. The van der Waals surface area contributed by atoms with Crippen molar-refractivity contribution in [2.24, 2.45) is 0 Å². The van der Waals surface area contributed by atoms with Crippen molar-refractivity contribution in [2.75, 3.05) is 14.2 Å². The van der Waals surface area contributed by atoms with Crippen LogP contribution in [0.4, 0.5) is 4.39 Å². The molecule has 0 bridgehead atoms. The van der Waals surface area contributed by atoms with Gasteiger partial charge >= 0.3 is 0 Å². The van der Waals surface area contributed by atoms with E-state index in [1.807, 2.05) is 24.3 Å². The zero-order valence-electron chi connectivity index (χ0n) is 11.6. The predicted molar refractivity (Wildman–Crippen MR) is 70.9 cm³/mol. The Bertz CT molecular complexity index is 465. The molecule has 19 heavy (non-hydrogen) atoms. The van der Waals surface area contributed by atoms with Crippen LogP contribution >= 0.6 is 0 Å². The predicted octanol–water partition coefficient (Wildman–Crippen LogP) is 3.41. The normalized spacial score (nSPS) is 25.6. The third kappa shape index (κ3) is 2.73. The summed E-state index contributed by atoms with van der Waals surface area (Å²) < 4.78 is 30.1. The van der Waals surface area contributed by atoms with Crippen LogP contribution < -0.4 is 4.74 Å². The summed E-state index contributed by atoms with van der Waals surface area (Å²) in [5.41, 5.74) is 0.0281. The molecule has 0 saturated heterocycles. The summed E-state index contributed by atoms with van der Waals surface area (Å²) >= 11 is 0. The molecule has 104 valence electrons. The topological polar surface area (TPSA) is 27.7 Å². The molecule has 0 radical (unpaired) electrons. The maximum atomic E-state index is 14.1. The second-order valence-electron chi connectivity index (χ2n) is 5.05. The molecule has 1 aromatic carbocycles. The number of hydrogen-bond acceptors (Lipinski definition) is 3. The lowest BCUT2D eigenvalue weighted by Crippen LogP contribution is -2.42. The quantitative estimate of drug-likeness (QED) is 0.839. The Morgan fingerprint density at radius 3 is 2.26 bits per heavy atom. The molecule has 2 atom stereocenters. The van der Waals surface area contributed by atoms with Crippen LogP contribution in [0.15, 0.2) is 36.1 Å². The fourth-order valence-electron chi connectivity index (χ4n) is 2.13. The molecule has 0 saturated carbocycles. The zero-order valence-corrected chi connectivity index (χ0v) is 11.6. The molecule has 0 fully saturated rings. The third-order valence-electron chi connectivity index (χ3n) is 3.29. The molecule has 3 nitrogen and oxygen atoms in total. The monoisotopic (exact) mass is 266 g/mol. The van der Waals surface area contributed by atoms with Crippen LogP contribution in [-0.4, -0.2) is 26.0 Å². The first-order valence-corrected chi connectivity index (χ1v) is 6.19. The number of methoxy groups -OCH3 is 2. The number of benzene rings is 1. The van der Waals surface area contributed by atoms with Gasteiger partial charge in [0.25, 0.3) is 0 Å². The highest BCUT2D eigenvalue weighted by atomic mass is 19.1. The van der Waals surface area contributed by atoms with Crippen LogP contribution in [0.3, 0.4) is 0 Å². The van der Waals surface area contributed by atoms with Gasteiger partial charge in [0.05, 0.1) is 14.2 Å². The third-order valence-corrected chi connectivity index (χ3v) is 3.29. The van der Waals surface area contributed by atoms with Gasteiger partial charge in [0.1, 0.15) is 23.2 Å². The minimum absolute atomic E-state index is 0.317. The molecule has 0 amide bonds. The van der Waals surface area contributed by atoms with Crippen molar-refractivity contribution in [1.29, 1.82) is 0 Å². The van der Waals surface area contributed by atoms with Gasteiger partial charge in [-0.05, 0) is 37.6 Å². The molecule has 1 aliphatic heterocycles. The van der Waals surface area contributed by atoms with Crippen LogP contribution in [0.25, 0.3) is 0 Å². The molecule has 0 aromatic heterocycles. The average Bonchev–Trinajstić information content (AvgIpc) is 2.41. The number of rotatable bonds is 3. The number of hydrogen-bond donors (Lipinski definition) is 0. The molecular weight excluding hydrogens is 247 g/mol. The van der Waals surface area contributed by atoms with E-state index in [0.717, 1.165) is 11.3 Å². The number of halogens is 1. The summed E-state index contributed by atoms with van der Waals surface area (Å²) in [7, 11) is 3.09. The van der Waals surface area contributed by atoms with Gasteiger partial charge in [0.2, 0.25) is 0 Å². The summed E-state index contributed by atoms with van der Waals surface area (Å²) in [5, 5.41) is 0. The fraction of sp³-hybridized carbons (Fsp3) is 0.467. The van der Waals surface area contributed by atoms with Gasteiger partial charge in [-0.15, -0.1) is 0 Å². The maximum Gasteiger partial charge on any atom is 0.185 e. The van der Waals surface area contributed by atoms with E-state index in [9.17, 15) is 4.39 Å². The lowest BCUT2D eigenvalue weighted by atomic mass is 9.94. The fourth-order valence-corrected chi connectivity index (χ4v) is 2.13. The Hall–Kier alpha value is -1.55. The highest BCUT2D eigenvalue weighted by molar-refractivity contribution is 5.32. The molecule has 1 heterocycles. The van der Waals surface area contributed by atoms with Gasteiger partial charge in [-0.3, -0.25) is 0 Å². The Kier molecular flexibility index (Phi) is 3.80. The van der Waals surface area contributed by atoms with E-state index >= 15 is 0 Å². The van der Waals surface area contributed by atoms with E-state index < -0.39 is 11.8 Å². The first kappa shape index (κ1) is 13.9. The first-order valence-electron chi connectivity index (χ1n) is 6.19. The molecular formula is C15H19FO3. The van der Waals surface area contributed by atoms with E-state index in [1.54, 1.807) is 27.0 Å². The van der Waals surface area contributed by atoms with E-state index in [4.69, 9.17) is 14.2 Å². The highest BCUT2D eigenvalue weighted by Crippen LogP contribution is 2.38. The van der Waals surface area contributed by atoms with E-state index in [2.05, 4.69) is 0 Å². The minimum atomic E-state index is -1.26. The SMILES string of the molecule is COC1=CC(c2ccc(OC)cc2)OC(C)(C)C1F. The minimum Gasteiger partial charge on any atom is -0.498 e. The van der Waals surface area contributed by atoms with Crippen molar-refractivity contribution in [1.82, 2.24) is 0 Å². The Labute approximate surface area is 113 Å². The number of alkyl halides is 1. The van der Waals surface area contributed by atoms with Gasteiger partial charge in [0.15, 0.2) is 6.17 Å². The van der Waals surface area contributed by atoms with Crippen molar-refractivity contribution < 1.29 is 18.6 Å². The Morgan fingerprint density at radius 2 is 1.74 bits per heavy atom. The van der Waals surface area contributed by atoms with Gasteiger partial charge in [-0.25, -0.2) is 4.39 Å². The van der Waals surface area contributed by atoms with Crippen LogP contribution in [0.2, 0.25) is 0 Å². The second kappa shape index (κ2) is 5.21. The summed E-state index contributed by atoms with van der Waals surface area (Å²) in [6.45, 7) is 3.44. The molecule has 2 unspecified atom stereocenters. The largest absolute Gasteiger partial charge is 0.498 e. The molecule has 2 rings (SSSR count). The maximum absolute atomic E-state index is 14.1. The first-order chi connectivity index (χ1) is 8.97. The average molecular weight is 266 g/mol. The van der Waals surface area contributed by atoms with Gasteiger partial charge in [0, 0.05) is 0 Å². The van der Waals surface area contributed by atoms with Crippen LogP contribution in [0.5, 0.6) is 5.75 Å². The number of ether oxygens (including phenoxy) is 3.